The molecule has 1 fully saturated rings. The van der Waals surface area contributed by atoms with Gasteiger partial charge in [-0.2, -0.15) is 0 Å². The van der Waals surface area contributed by atoms with E-state index in [-0.39, 0.29) is 12.1 Å². The first-order valence-corrected chi connectivity index (χ1v) is 9.65. The molecule has 0 radical (unpaired) electrons. The predicted octanol–water partition coefficient (Wildman–Crippen LogP) is 3.08. The third-order valence-corrected chi connectivity index (χ3v) is 6.39. The highest BCUT2D eigenvalue weighted by molar-refractivity contribution is 8.03. The molecule has 2 aromatic rings. The van der Waals surface area contributed by atoms with Crippen LogP contribution in [-0.4, -0.2) is 47.7 Å². The molecule has 1 unspecified atom stereocenters. The minimum atomic E-state index is -0.161. The van der Waals surface area contributed by atoms with Gasteiger partial charge in [-0.15, -0.1) is 11.8 Å². The molecule has 0 amide bonds. The maximum Gasteiger partial charge on any atom is 0.134 e. The molecule has 3 heterocycles. The summed E-state index contributed by atoms with van der Waals surface area (Å²) < 4.78 is 11.6. The van der Waals surface area contributed by atoms with Gasteiger partial charge in [-0.3, -0.25) is 0 Å². The van der Waals surface area contributed by atoms with Crippen molar-refractivity contribution in [2.24, 2.45) is 0 Å². The number of allylic oxidation sites excluding steroid dienone is 1. The second-order valence-electron chi connectivity index (χ2n) is 6.86. The van der Waals surface area contributed by atoms with Crippen molar-refractivity contribution in [3.8, 4) is 5.75 Å². The van der Waals surface area contributed by atoms with Gasteiger partial charge in [-0.05, 0) is 51.1 Å². The number of aliphatic hydroxyl groups is 1. The van der Waals surface area contributed by atoms with Gasteiger partial charge in [-0.25, -0.2) is 0 Å². The van der Waals surface area contributed by atoms with Crippen LogP contribution in [0.1, 0.15) is 19.1 Å². The molecule has 1 aromatic heterocycles. The number of hydrogen-bond donors (Lipinski definition) is 2. The lowest BCUT2D eigenvalue weighted by Crippen LogP contribution is -2.51. The Kier molecular flexibility index (Phi) is 4.43. The Morgan fingerprint density at radius 3 is 3.00 bits per heavy atom. The Labute approximate surface area is 152 Å². The number of aliphatic hydroxyl groups excluding tert-OH is 1. The van der Waals surface area contributed by atoms with Gasteiger partial charge < -0.3 is 24.5 Å². The van der Waals surface area contributed by atoms with E-state index < -0.39 is 0 Å². The van der Waals surface area contributed by atoms with Gasteiger partial charge in [-0.1, -0.05) is 0 Å². The Morgan fingerprint density at radius 1 is 1.36 bits per heavy atom. The summed E-state index contributed by atoms with van der Waals surface area (Å²) in [4.78, 5) is 3.59. The first-order chi connectivity index (χ1) is 12.1. The molecule has 2 N–H and O–H groups in total. The molecule has 4 rings (SSSR count). The number of furan rings is 1. The topological polar surface area (TPSA) is 57.9 Å². The fourth-order valence-corrected chi connectivity index (χ4v) is 4.92. The number of nitrogens with one attached hydrogen (secondary N) is 1. The van der Waals surface area contributed by atoms with Crippen molar-refractivity contribution in [3.63, 3.8) is 0 Å². The molecule has 1 atom stereocenters. The number of ether oxygens (including phenoxy) is 1. The number of nitrogens with zero attached hydrogens (tertiary/aromatic N) is 1. The summed E-state index contributed by atoms with van der Waals surface area (Å²) in [6.45, 7) is 6.63. The fraction of sp³-hybridized carbons (Fsp3) is 0.474. The summed E-state index contributed by atoms with van der Waals surface area (Å²) in [5.41, 5.74) is 1.95. The molecular weight excluding hydrogens is 336 g/mol. The van der Waals surface area contributed by atoms with Crippen molar-refractivity contribution in [2.75, 3.05) is 32.2 Å². The fourth-order valence-electron chi connectivity index (χ4n) is 3.71. The van der Waals surface area contributed by atoms with E-state index in [4.69, 9.17) is 9.15 Å². The van der Waals surface area contributed by atoms with E-state index in [1.165, 1.54) is 10.6 Å². The van der Waals surface area contributed by atoms with E-state index in [0.717, 1.165) is 47.9 Å². The van der Waals surface area contributed by atoms with Gasteiger partial charge >= 0.3 is 0 Å². The molecular formula is C19H24N2O3S. The number of aryl methyl sites for hydroxylation is 1. The number of benzene rings is 1. The van der Waals surface area contributed by atoms with Crippen molar-refractivity contribution >= 4 is 22.7 Å². The molecule has 2 aliphatic heterocycles. The Morgan fingerprint density at radius 2 is 2.24 bits per heavy atom. The quantitative estimate of drug-likeness (QED) is 0.855. The molecule has 2 aliphatic rings. The van der Waals surface area contributed by atoms with E-state index >= 15 is 0 Å². The number of hydrogen-bond acceptors (Lipinski definition) is 6. The van der Waals surface area contributed by atoms with Crippen LogP contribution in [0.4, 0.5) is 0 Å². The standard InChI is InChI=1S/C19H24N2O3S/c1-13-7-15-8-16(3-4-17(15)24-13)23-9-18-14(2)21(12-25-18)19(11-22)5-6-20-10-19/h3-4,7-8,20,22H,5-6,9-12H2,1-2H3. The number of thioether (sulfide) groups is 1. The average molecular weight is 360 g/mol. The van der Waals surface area contributed by atoms with Crippen LogP contribution < -0.4 is 10.1 Å². The van der Waals surface area contributed by atoms with Gasteiger partial charge in [0.05, 0.1) is 18.0 Å². The lowest BCUT2D eigenvalue weighted by Gasteiger charge is -2.38. The predicted molar refractivity (Wildman–Crippen MR) is 101 cm³/mol. The van der Waals surface area contributed by atoms with Crippen LogP contribution in [-0.2, 0) is 0 Å². The maximum atomic E-state index is 9.94. The SMILES string of the molecule is CC1=C(COc2ccc3oc(C)cc3c2)SCN1C1(CO)CCNC1. The van der Waals surface area contributed by atoms with E-state index in [2.05, 4.69) is 17.1 Å². The van der Waals surface area contributed by atoms with Crippen LogP contribution in [0.5, 0.6) is 5.75 Å². The van der Waals surface area contributed by atoms with Gasteiger partial charge in [0.2, 0.25) is 0 Å². The molecule has 134 valence electrons. The minimum absolute atomic E-state index is 0.161. The van der Waals surface area contributed by atoms with E-state index in [9.17, 15) is 5.11 Å². The van der Waals surface area contributed by atoms with Crippen LogP contribution in [0, 0.1) is 6.92 Å². The summed E-state index contributed by atoms with van der Waals surface area (Å²) in [5, 5.41) is 14.4. The zero-order chi connectivity index (χ0) is 17.4. The molecule has 0 bridgehead atoms. The monoisotopic (exact) mass is 360 g/mol. The van der Waals surface area contributed by atoms with Crippen molar-refractivity contribution in [1.29, 1.82) is 0 Å². The van der Waals surface area contributed by atoms with E-state index in [1.807, 2.05) is 43.0 Å². The Hall–Kier alpha value is -1.63. The number of fused-ring (bicyclic) bond motifs is 1. The zero-order valence-corrected chi connectivity index (χ0v) is 15.5. The molecule has 6 heteroatoms. The summed E-state index contributed by atoms with van der Waals surface area (Å²) in [5.74, 6) is 2.64. The van der Waals surface area contributed by atoms with Gasteiger partial charge in [0, 0.05) is 22.5 Å². The van der Waals surface area contributed by atoms with Crippen LogP contribution in [0.2, 0.25) is 0 Å². The third kappa shape index (κ3) is 3.03. The summed E-state index contributed by atoms with van der Waals surface area (Å²) >= 11 is 1.81. The average Bonchev–Trinajstić information content (AvgIpc) is 3.31. The van der Waals surface area contributed by atoms with Crippen LogP contribution in [0.15, 0.2) is 39.3 Å². The first kappa shape index (κ1) is 16.8. The lowest BCUT2D eigenvalue weighted by molar-refractivity contribution is 0.0874. The highest BCUT2D eigenvalue weighted by Crippen LogP contribution is 2.39. The second kappa shape index (κ2) is 6.59. The molecule has 0 spiro atoms. The van der Waals surface area contributed by atoms with Gasteiger partial charge in [0.1, 0.15) is 23.7 Å². The summed E-state index contributed by atoms with van der Waals surface area (Å²) in [7, 11) is 0. The third-order valence-electron chi connectivity index (χ3n) is 5.25. The van der Waals surface area contributed by atoms with Crippen LogP contribution >= 0.6 is 11.8 Å². The Balaban J connectivity index is 1.48. The molecule has 5 nitrogen and oxygen atoms in total. The molecule has 1 aromatic carbocycles. The van der Waals surface area contributed by atoms with Gasteiger partial charge in [0.15, 0.2) is 0 Å². The molecule has 0 aliphatic carbocycles. The number of rotatable bonds is 5. The van der Waals surface area contributed by atoms with Crippen molar-refractivity contribution in [2.45, 2.75) is 25.8 Å². The van der Waals surface area contributed by atoms with E-state index in [0.29, 0.717) is 6.61 Å². The van der Waals surface area contributed by atoms with Crippen molar-refractivity contribution < 1.29 is 14.3 Å². The Bertz CT molecular complexity index is 808. The zero-order valence-electron chi connectivity index (χ0n) is 14.7. The summed E-state index contributed by atoms with van der Waals surface area (Å²) in [6.07, 6.45) is 0.978. The lowest BCUT2D eigenvalue weighted by atomic mass is 9.97. The molecule has 0 saturated carbocycles. The maximum absolute atomic E-state index is 9.94. The highest BCUT2D eigenvalue weighted by Gasteiger charge is 2.42. The normalized spacial score (nSPS) is 23.9. The van der Waals surface area contributed by atoms with Crippen LogP contribution in [0.25, 0.3) is 11.0 Å². The summed E-state index contributed by atoms with van der Waals surface area (Å²) in [6, 6.07) is 7.96. The van der Waals surface area contributed by atoms with Gasteiger partial charge in [0.25, 0.3) is 0 Å². The van der Waals surface area contributed by atoms with Crippen molar-refractivity contribution in [1.82, 2.24) is 10.2 Å². The minimum Gasteiger partial charge on any atom is -0.488 e. The highest BCUT2D eigenvalue weighted by atomic mass is 32.2. The second-order valence-corrected chi connectivity index (χ2v) is 7.90. The first-order valence-electron chi connectivity index (χ1n) is 8.66. The smallest absolute Gasteiger partial charge is 0.134 e. The van der Waals surface area contributed by atoms with E-state index in [1.54, 1.807) is 0 Å². The van der Waals surface area contributed by atoms with Crippen LogP contribution in [0.3, 0.4) is 0 Å². The molecule has 25 heavy (non-hydrogen) atoms. The van der Waals surface area contributed by atoms with Crippen molar-refractivity contribution in [3.05, 3.63) is 40.6 Å². The largest absolute Gasteiger partial charge is 0.488 e. The molecule has 1 saturated heterocycles.